The first kappa shape index (κ1) is 18.3. The molecule has 0 fully saturated rings. The fourth-order valence-corrected chi connectivity index (χ4v) is 3.95. The number of ketones is 1. The number of thioether (sulfide) groups is 1. The maximum Gasteiger partial charge on any atom is 0.230 e. The Balaban J connectivity index is 1.51. The molecular weight excluding hydrogens is 371 g/mol. The summed E-state index contributed by atoms with van der Waals surface area (Å²) >= 11 is 2.75. The predicted molar refractivity (Wildman–Crippen MR) is 102 cm³/mol. The van der Waals surface area contributed by atoms with Crippen molar-refractivity contribution in [3.63, 3.8) is 0 Å². The molecule has 3 rings (SSSR count). The second-order valence-corrected chi connectivity index (χ2v) is 7.50. The van der Waals surface area contributed by atoms with Crippen molar-refractivity contribution >= 4 is 40.5 Å². The number of carbonyl (C=O) groups excluding carboxylic acids is 2. The number of amides is 1. The summed E-state index contributed by atoms with van der Waals surface area (Å²) in [4.78, 5) is 28.5. The normalized spacial score (nSPS) is 10.5. The Bertz CT molecular complexity index is 913. The van der Waals surface area contributed by atoms with Crippen LogP contribution in [-0.2, 0) is 11.2 Å². The molecule has 132 valence electrons. The van der Waals surface area contributed by atoms with Gasteiger partial charge >= 0.3 is 0 Å². The van der Waals surface area contributed by atoms with E-state index in [4.69, 9.17) is 0 Å². The van der Waals surface area contributed by atoms with E-state index in [1.807, 2.05) is 18.2 Å². The van der Waals surface area contributed by atoms with Crippen molar-refractivity contribution in [2.24, 2.45) is 0 Å². The topological polar surface area (TPSA) is 59.1 Å². The van der Waals surface area contributed by atoms with Gasteiger partial charge in [-0.3, -0.25) is 9.59 Å². The molecule has 0 unspecified atom stereocenters. The van der Waals surface area contributed by atoms with Crippen LogP contribution in [0.5, 0.6) is 0 Å². The van der Waals surface area contributed by atoms with Gasteiger partial charge in [-0.15, -0.1) is 11.3 Å². The fraction of sp³-hybridized carbons (Fsp3) is 0.105. The van der Waals surface area contributed by atoms with Crippen molar-refractivity contribution in [1.82, 2.24) is 4.98 Å². The third-order valence-corrected chi connectivity index (χ3v) is 5.47. The Labute approximate surface area is 158 Å². The minimum atomic E-state index is -0.404. The van der Waals surface area contributed by atoms with Crippen molar-refractivity contribution < 1.29 is 14.0 Å². The number of hydrogen-bond donors (Lipinski definition) is 1. The number of hydrogen-bond acceptors (Lipinski definition) is 5. The largest absolute Gasteiger partial charge is 0.326 e. The molecule has 1 aromatic heterocycles. The second kappa shape index (κ2) is 8.73. The van der Waals surface area contributed by atoms with E-state index in [0.29, 0.717) is 22.7 Å². The summed E-state index contributed by atoms with van der Waals surface area (Å²) in [6.07, 6.45) is 0.0974. The lowest BCUT2D eigenvalue weighted by Gasteiger charge is -2.03. The molecule has 1 N–H and O–H groups in total. The van der Waals surface area contributed by atoms with Crippen LogP contribution in [0.2, 0.25) is 0 Å². The van der Waals surface area contributed by atoms with Crippen LogP contribution >= 0.6 is 23.1 Å². The van der Waals surface area contributed by atoms with Gasteiger partial charge < -0.3 is 5.32 Å². The zero-order valence-corrected chi connectivity index (χ0v) is 15.3. The molecule has 1 heterocycles. The van der Waals surface area contributed by atoms with Gasteiger partial charge in [-0.2, -0.15) is 0 Å². The molecule has 0 saturated carbocycles. The Morgan fingerprint density at radius 3 is 2.69 bits per heavy atom. The Morgan fingerprint density at radius 1 is 1.12 bits per heavy atom. The van der Waals surface area contributed by atoms with E-state index in [2.05, 4.69) is 10.3 Å². The molecule has 2 aromatic carbocycles. The van der Waals surface area contributed by atoms with Crippen LogP contribution in [0.15, 0.2) is 64.3 Å². The summed E-state index contributed by atoms with van der Waals surface area (Å²) in [5.74, 6) is -0.334. The fourth-order valence-electron chi connectivity index (χ4n) is 2.21. The maximum atomic E-state index is 13.1. The number of aromatic nitrogens is 1. The van der Waals surface area contributed by atoms with Gasteiger partial charge in [0, 0.05) is 16.6 Å². The molecule has 26 heavy (non-hydrogen) atoms. The summed E-state index contributed by atoms with van der Waals surface area (Å²) in [6, 6.07) is 14.8. The third kappa shape index (κ3) is 5.24. The first-order valence-corrected chi connectivity index (χ1v) is 9.67. The smallest absolute Gasteiger partial charge is 0.230 e. The van der Waals surface area contributed by atoms with Gasteiger partial charge in [0.25, 0.3) is 0 Å². The number of halogens is 1. The summed E-state index contributed by atoms with van der Waals surface area (Å²) in [5.41, 5.74) is 1.71. The van der Waals surface area contributed by atoms with Gasteiger partial charge in [0.15, 0.2) is 10.1 Å². The highest BCUT2D eigenvalue weighted by Crippen LogP contribution is 2.24. The predicted octanol–water partition coefficient (Wildman–Crippen LogP) is 4.44. The van der Waals surface area contributed by atoms with Crippen LogP contribution < -0.4 is 5.32 Å². The second-order valence-electron chi connectivity index (χ2n) is 5.42. The highest BCUT2D eigenvalue weighted by molar-refractivity contribution is 8.01. The van der Waals surface area contributed by atoms with Gasteiger partial charge in [0.05, 0.1) is 17.9 Å². The molecule has 0 atom stereocenters. The number of nitrogens with zero attached hydrogens (tertiary/aromatic N) is 1. The van der Waals surface area contributed by atoms with E-state index < -0.39 is 5.82 Å². The number of thiazole rings is 1. The van der Waals surface area contributed by atoms with Crippen molar-refractivity contribution in [3.8, 4) is 0 Å². The summed E-state index contributed by atoms with van der Waals surface area (Å²) < 4.78 is 13.9. The molecule has 0 saturated heterocycles. The molecule has 0 aliphatic carbocycles. The SMILES string of the molecule is O=C(Cc1csc(SCC(=O)c2ccccc2)n1)Nc1cccc(F)c1. The van der Waals surface area contributed by atoms with Crippen molar-refractivity contribution in [2.75, 3.05) is 11.1 Å². The lowest BCUT2D eigenvalue weighted by Crippen LogP contribution is -2.14. The van der Waals surface area contributed by atoms with E-state index in [9.17, 15) is 14.0 Å². The summed E-state index contributed by atoms with van der Waals surface area (Å²) in [5, 5.41) is 4.43. The zero-order chi connectivity index (χ0) is 18.4. The lowest BCUT2D eigenvalue weighted by atomic mass is 10.2. The number of carbonyl (C=O) groups is 2. The highest BCUT2D eigenvalue weighted by Gasteiger charge is 2.11. The molecular formula is C19H15FN2O2S2. The average molecular weight is 386 g/mol. The maximum absolute atomic E-state index is 13.1. The molecule has 0 aliphatic heterocycles. The minimum Gasteiger partial charge on any atom is -0.326 e. The molecule has 0 radical (unpaired) electrons. The first-order chi connectivity index (χ1) is 12.6. The quantitative estimate of drug-likeness (QED) is 0.482. The standard InChI is InChI=1S/C19H15FN2O2S2/c20-14-7-4-8-15(9-14)21-18(24)10-16-11-25-19(22-16)26-12-17(23)13-5-2-1-3-6-13/h1-9,11H,10,12H2,(H,21,24). The van der Waals surface area contributed by atoms with Crippen LogP contribution in [0.1, 0.15) is 16.1 Å². The van der Waals surface area contributed by atoms with Gasteiger partial charge in [-0.25, -0.2) is 9.37 Å². The number of Topliss-reactive ketones (excluding diaryl/α,β-unsaturated/α-hetero) is 1. The average Bonchev–Trinajstić information content (AvgIpc) is 3.07. The summed E-state index contributed by atoms with van der Waals surface area (Å²) in [7, 11) is 0. The number of rotatable bonds is 7. The molecule has 4 nitrogen and oxygen atoms in total. The number of nitrogens with one attached hydrogen (secondary N) is 1. The lowest BCUT2D eigenvalue weighted by molar-refractivity contribution is -0.115. The van der Waals surface area contributed by atoms with Gasteiger partial charge in [0.1, 0.15) is 5.82 Å². The Kier molecular flexibility index (Phi) is 6.14. The van der Waals surface area contributed by atoms with Crippen molar-refractivity contribution in [1.29, 1.82) is 0 Å². The first-order valence-electron chi connectivity index (χ1n) is 7.81. The minimum absolute atomic E-state index is 0.0381. The van der Waals surface area contributed by atoms with Gasteiger partial charge in [-0.05, 0) is 18.2 Å². The van der Waals surface area contributed by atoms with Crippen LogP contribution in [0.4, 0.5) is 10.1 Å². The molecule has 0 spiro atoms. The zero-order valence-electron chi connectivity index (χ0n) is 13.6. The van der Waals surface area contributed by atoms with Gasteiger partial charge in [0.2, 0.25) is 5.91 Å². The van der Waals surface area contributed by atoms with Crippen LogP contribution in [0.3, 0.4) is 0 Å². The highest BCUT2D eigenvalue weighted by atomic mass is 32.2. The number of anilines is 1. The van der Waals surface area contributed by atoms with Crippen molar-refractivity contribution in [3.05, 3.63) is 77.1 Å². The molecule has 0 aliphatic rings. The van der Waals surface area contributed by atoms with Crippen LogP contribution in [0, 0.1) is 5.82 Å². The van der Waals surface area contributed by atoms with Crippen molar-refractivity contribution in [2.45, 2.75) is 10.8 Å². The molecule has 7 heteroatoms. The van der Waals surface area contributed by atoms with Crippen LogP contribution in [0.25, 0.3) is 0 Å². The monoisotopic (exact) mass is 386 g/mol. The summed E-state index contributed by atoms with van der Waals surface area (Å²) in [6.45, 7) is 0. The van der Waals surface area contributed by atoms with E-state index in [1.54, 1.807) is 23.6 Å². The number of benzene rings is 2. The van der Waals surface area contributed by atoms with E-state index >= 15 is 0 Å². The van der Waals surface area contributed by atoms with E-state index in [-0.39, 0.29) is 18.1 Å². The Hall–Kier alpha value is -2.51. The third-order valence-electron chi connectivity index (χ3n) is 3.40. The van der Waals surface area contributed by atoms with E-state index in [0.717, 1.165) is 4.34 Å². The van der Waals surface area contributed by atoms with Gasteiger partial charge in [-0.1, -0.05) is 48.2 Å². The molecule has 0 bridgehead atoms. The molecule has 3 aromatic rings. The van der Waals surface area contributed by atoms with Crippen LogP contribution in [-0.4, -0.2) is 22.4 Å². The molecule has 1 amide bonds. The van der Waals surface area contributed by atoms with E-state index in [1.165, 1.54) is 41.3 Å². The Morgan fingerprint density at radius 2 is 1.92 bits per heavy atom.